The van der Waals surface area contributed by atoms with Crippen LogP contribution in [0.5, 0.6) is 0 Å². The minimum Gasteiger partial charge on any atom is -0.370 e. The van der Waals surface area contributed by atoms with Crippen LogP contribution in [0.2, 0.25) is 0 Å². The molecule has 0 spiro atoms. The van der Waals surface area contributed by atoms with Crippen LogP contribution in [0.15, 0.2) is 59.7 Å². The molecule has 1 amide bonds. The van der Waals surface area contributed by atoms with Gasteiger partial charge in [-0.1, -0.05) is 30.3 Å². The number of ether oxygens (including phenoxy) is 1. The molecular weight excluding hydrogens is 400 g/mol. The van der Waals surface area contributed by atoms with Gasteiger partial charge >= 0.3 is 0 Å². The molecule has 0 saturated carbocycles. The van der Waals surface area contributed by atoms with Crippen LogP contribution >= 0.6 is 0 Å². The lowest BCUT2D eigenvalue weighted by atomic mass is 10.1. The zero-order chi connectivity index (χ0) is 22.5. The normalized spacial score (nSPS) is 14.7. The molecule has 1 saturated heterocycles. The average molecular weight is 432 g/mol. The summed E-state index contributed by atoms with van der Waals surface area (Å²) in [4.78, 5) is 14.0. The average Bonchev–Trinajstić information content (AvgIpc) is 3.08. The fourth-order valence-electron chi connectivity index (χ4n) is 4.23. The van der Waals surface area contributed by atoms with E-state index in [0.717, 1.165) is 55.5 Å². The quantitative estimate of drug-likeness (QED) is 0.466. The fraction of sp³-hybridized carbons (Fsp3) is 0.308. The fourth-order valence-corrected chi connectivity index (χ4v) is 4.23. The number of nitrogens with one attached hydrogen (secondary N) is 2. The number of morpholine rings is 1. The van der Waals surface area contributed by atoms with Gasteiger partial charge in [-0.15, -0.1) is 0 Å². The maximum absolute atomic E-state index is 12.5. The Hall–Kier alpha value is -3.22. The van der Waals surface area contributed by atoms with Gasteiger partial charge in [-0.05, 0) is 50.6 Å². The highest BCUT2D eigenvalue weighted by Gasteiger charge is 2.15. The van der Waals surface area contributed by atoms with Gasteiger partial charge in [0.05, 0.1) is 19.4 Å². The van der Waals surface area contributed by atoms with E-state index in [1.165, 1.54) is 16.0 Å². The summed E-state index contributed by atoms with van der Waals surface area (Å²) in [5, 5.41) is 4.21. The largest absolute Gasteiger partial charge is 0.370 e. The molecule has 0 unspecified atom stereocenters. The molecule has 0 aliphatic carbocycles. The van der Waals surface area contributed by atoms with Crippen molar-refractivity contribution in [2.24, 2.45) is 5.10 Å². The van der Waals surface area contributed by atoms with E-state index >= 15 is 0 Å². The third-order valence-corrected chi connectivity index (χ3v) is 6.07. The maximum atomic E-state index is 12.5. The molecule has 4 rings (SSSR count). The Kier molecular flexibility index (Phi) is 6.83. The summed E-state index contributed by atoms with van der Waals surface area (Å²) in [5.41, 5.74) is 10.1. The van der Waals surface area contributed by atoms with E-state index in [1.807, 2.05) is 36.4 Å². The molecule has 1 aliphatic heterocycles. The number of carbonyl (C=O) groups excluding carboxylic acids is 1. The number of benzene rings is 2. The van der Waals surface area contributed by atoms with E-state index in [9.17, 15) is 4.79 Å². The summed E-state index contributed by atoms with van der Waals surface area (Å²) in [5.74, 6) is -0.209. The molecule has 1 aromatic heterocycles. The van der Waals surface area contributed by atoms with Crippen molar-refractivity contribution in [2.75, 3.05) is 26.3 Å². The summed E-state index contributed by atoms with van der Waals surface area (Å²) in [6, 6.07) is 18.2. The number of nitrogens with zero attached hydrogens (tertiary/aromatic N) is 2. The van der Waals surface area contributed by atoms with Gasteiger partial charge < -0.3 is 14.2 Å². The zero-order valence-corrected chi connectivity index (χ0v) is 19.0. The zero-order valence-electron chi connectivity index (χ0n) is 19.0. The monoisotopic (exact) mass is 431 g/mol. The Labute approximate surface area is 189 Å². The second kappa shape index (κ2) is 9.94. The molecule has 3 aromatic rings. The summed E-state index contributed by atoms with van der Waals surface area (Å²) >= 11 is 0. The number of para-hydroxylation sites is 1. The highest BCUT2D eigenvalue weighted by Crippen LogP contribution is 2.22. The molecule has 0 bridgehead atoms. The van der Waals surface area contributed by atoms with Gasteiger partial charge in [-0.3, -0.25) is 4.79 Å². The van der Waals surface area contributed by atoms with Crippen molar-refractivity contribution in [1.29, 1.82) is 0 Å². The van der Waals surface area contributed by atoms with Crippen molar-refractivity contribution in [3.05, 3.63) is 88.2 Å². The first-order chi connectivity index (χ1) is 15.5. The standard InChI is InChI=1S/C26H30N4O2/c1-19-6-4-5-7-25(19)30-20(2)16-24(21(30)3)17-27-28-26(31)23-10-8-22(9-11-23)18-29-12-14-32-15-13-29/h4-11,16-17H,12-15,18H2,1-3H3,(H,28,31)/p+1/b27-17-. The molecule has 1 aliphatic rings. The van der Waals surface area contributed by atoms with Crippen LogP contribution in [-0.4, -0.2) is 43.0 Å². The molecule has 6 nitrogen and oxygen atoms in total. The van der Waals surface area contributed by atoms with Crippen LogP contribution in [0, 0.1) is 20.8 Å². The highest BCUT2D eigenvalue weighted by molar-refractivity contribution is 5.95. The van der Waals surface area contributed by atoms with E-state index in [-0.39, 0.29) is 5.91 Å². The van der Waals surface area contributed by atoms with Crippen LogP contribution in [-0.2, 0) is 11.3 Å². The molecule has 1 fully saturated rings. The first kappa shape index (κ1) is 22.0. The number of amides is 1. The number of hydrogen-bond donors (Lipinski definition) is 2. The van der Waals surface area contributed by atoms with Gasteiger partial charge in [0, 0.05) is 33.8 Å². The topological polar surface area (TPSA) is 60.1 Å². The Morgan fingerprint density at radius 3 is 2.53 bits per heavy atom. The smallest absolute Gasteiger partial charge is 0.271 e. The van der Waals surface area contributed by atoms with Crippen molar-refractivity contribution in [3.63, 3.8) is 0 Å². The minimum absolute atomic E-state index is 0.209. The molecule has 6 heteroatoms. The van der Waals surface area contributed by atoms with Gasteiger partial charge in [-0.25, -0.2) is 5.43 Å². The first-order valence-electron chi connectivity index (χ1n) is 11.1. The van der Waals surface area contributed by atoms with Crippen molar-refractivity contribution < 1.29 is 14.4 Å². The highest BCUT2D eigenvalue weighted by atomic mass is 16.5. The SMILES string of the molecule is Cc1ccccc1-n1c(C)cc(/C=N\NC(=O)c2ccc(C[NH+]3CCOCC3)cc2)c1C. The molecule has 32 heavy (non-hydrogen) atoms. The summed E-state index contributed by atoms with van der Waals surface area (Å²) < 4.78 is 7.63. The van der Waals surface area contributed by atoms with Crippen LogP contribution in [0.3, 0.4) is 0 Å². The summed E-state index contributed by atoms with van der Waals surface area (Å²) in [7, 11) is 0. The molecule has 0 radical (unpaired) electrons. The van der Waals surface area contributed by atoms with E-state index in [1.54, 1.807) is 6.21 Å². The van der Waals surface area contributed by atoms with Crippen LogP contribution in [0.4, 0.5) is 0 Å². The third-order valence-electron chi connectivity index (χ3n) is 6.07. The lowest BCUT2D eigenvalue weighted by Gasteiger charge is -2.23. The van der Waals surface area contributed by atoms with Gasteiger partial charge in [0.25, 0.3) is 5.91 Å². The molecule has 2 aromatic carbocycles. The Morgan fingerprint density at radius 2 is 1.81 bits per heavy atom. The van der Waals surface area contributed by atoms with Crippen molar-refractivity contribution >= 4 is 12.1 Å². The maximum Gasteiger partial charge on any atom is 0.271 e. The van der Waals surface area contributed by atoms with Crippen LogP contribution in [0.25, 0.3) is 5.69 Å². The Bertz CT molecular complexity index is 1110. The second-order valence-corrected chi connectivity index (χ2v) is 8.38. The van der Waals surface area contributed by atoms with E-state index in [4.69, 9.17) is 4.74 Å². The molecular formula is C26H31N4O2+. The number of rotatable bonds is 6. The third kappa shape index (κ3) is 4.98. The lowest BCUT2D eigenvalue weighted by Crippen LogP contribution is -3.12. The molecule has 166 valence electrons. The van der Waals surface area contributed by atoms with Crippen LogP contribution in [0.1, 0.15) is 38.4 Å². The number of aromatic nitrogens is 1. The molecule has 0 atom stereocenters. The van der Waals surface area contributed by atoms with Gasteiger partial charge in [-0.2, -0.15) is 5.10 Å². The van der Waals surface area contributed by atoms with Gasteiger partial charge in [0.15, 0.2) is 0 Å². The molecule has 2 heterocycles. The first-order valence-corrected chi connectivity index (χ1v) is 11.1. The number of quaternary nitrogens is 1. The van der Waals surface area contributed by atoms with Gasteiger partial charge in [0.2, 0.25) is 0 Å². The lowest BCUT2D eigenvalue weighted by molar-refractivity contribution is -0.921. The van der Waals surface area contributed by atoms with E-state index in [0.29, 0.717) is 5.56 Å². The number of carbonyl (C=O) groups is 1. The number of hydrogen-bond acceptors (Lipinski definition) is 3. The van der Waals surface area contributed by atoms with Gasteiger partial charge in [0.1, 0.15) is 19.6 Å². The molecule has 2 N–H and O–H groups in total. The van der Waals surface area contributed by atoms with E-state index < -0.39 is 0 Å². The predicted octanol–water partition coefficient (Wildman–Crippen LogP) is 2.58. The van der Waals surface area contributed by atoms with Crippen molar-refractivity contribution in [2.45, 2.75) is 27.3 Å². The Balaban J connectivity index is 1.39. The second-order valence-electron chi connectivity index (χ2n) is 8.38. The van der Waals surface area contributed by atoms with Crippen molar-refractivity contribution in [3.8, 4) is 5.69 Å². The van der Waals surface area contributed by atoms with Crippen LogP contribution < -0.4 is 10.3 Å². The van der Waals surface area contributed by atoms with Crippen molar-refractivity contribution in [1.82, 2.24) is 9.99 Å². The Morgan fingerprint density at radius 1 is 1.09 bits per heavy atom. The predicted molar refractivity (Wildman–Crippen MR) is 127 cm³/mol. The summed E-state index contributed by atoms with van der Waals surface area (Å²) in [6.07, 6.45) is 1.71. The number of hydrazone groups is 1. The summed E-state index contributed by atoms with van der Waals surface area (Å²) in [6.45, 7) is 10.9. The van der Waals surface area contributed by atoms with E-state index in [2.05, 4.69) is 54.1 Å². The number of aryl methyl sites for hydroxylation is 2. The minimum atomic E-state index is -0.209.